The van der Waals surface area contributed by atoms with E-state index in [-0.39, 0.29) is 17.7 Å². The van der Waals surface area contributed by atoms with Gasteiger partial charge in [0.1, 0.15) is 0 Å². The van der Waals surface area contributed by atoms with E-state index in [4.69, 9.17) is 0 Å². The Labute approximate surface area is 142 Å². The van der Waals surface area contributed by atoms with Gasteiger partial charge in [-0.1, -0.05) is 12.1 Å². The summed E-state index contributed by atoms with van der Waals surface area (Å²) in [6, 6.07) is 6.12. The van der Waals surface area contributed by atoms with Crippen molar-refractivity contribution in [2.45, 2.75) is 39.7 Å². The number of benzene rings is 1. The fourth-order valence-electron chi connectivity index (χ4n) is 3.06. The van der Waals surface area contributed by atoms with Crippen molar-refractivity contribution in [3.63, 3.8) is 0 Å². The predicted octanol–water partition coefficient (Wildman–Crippen LogP) is 2.91. The van der Waals surface area contributed by atoms with E-state index in [0.29, 0.717) is 18.7 Å². The standard InChI is InChI=1S/C19H23N3O2/c1-13(2)22-12-18(11-20-22)19(24)21-8-6-15-4-5-16(14(3)23)10-17(15)7-9-21/h4-5,10-13H,6-9H2,1-3H3. The molecule has 3 rings (SSSR count). The maximum atomic E-state index is 12.7. The maximum Gasteiger partial charge on any atom is 0.257 e. The van der Waals surface area contributed by atoms with Crippen LogP contribution in [0.1, 0.15) is 58.7 Å². The van der Waals surface area contributed by atoms with Crippen molar-refractivity contribution in [1.29, 1.82) is 0 Å². The largest absolute Gasteiger partial charge is 0.338 e. The number of ketones is 1. The summed E-state index contributed by atoms with van der Waals surface area (Å²) in [4.78, 5) is 26.2. The molecule has 1 aliphatic rings. The van der Waals surface area contributed by atoms with Gasteiger partial charge in [0.15, 0.2) is 5.78 Å². The first-order valence-electron chi connectivity index (χ1n) is 8.42. The lowest BCUT2D eigenvalue weighted by molar-refractivity contribution is 0.0762. The summed E-state index contributed by atoms with van der Waals surface area (Å²) < 4.78 is 1.80. The second-order valence-corrected chi connectivity index (χ2v) is 6.63. The summed E-state index contributed by atoms with van der Waals surface area (Å²) in [6.45, 7) is 7.02. The first-order chi connectivity index (χ1) is 11.5. The van der Waals surface area contributed by atoms with Crippen LogP contribution in [0.2, 0.25) is 0 Å². The van der Waals surface area contributed by atoms with E-state index in [1.54, 1.807) is 17.8 Å². The highest BCUT2D eigenvalue weighted by Crippen LogP contribution is 2.19. The third-order valence-corrected chi connectivity index (χ3v) is 4.58. The van der Waals surface area contributed by atoms with E-state index < -0.39 is 0 Å². The molecule has 0 N–H and O–H groups in total. The molecule has 0 unspecified atom stereocenters. The highest BCUT2D eigenvalue weighted by atomic mass is 16.2. The summed E-state index contributed by atoms with van der Waals surface area (Å²) in [5, 5.41) is 4.26. The highest BCUT2D eigenvalue weighted by Gasteiger charge is 2.21. The zero-order chi connectivity index (χ0) is 17.3. The second-order valence-electron chi connectivity index (χ2n) is 6.63. The number of carbonyl (C=O) groups excluding carboxylic acids is 2. The zero-order valence-electron chi connectivity index (χ0n) is 14.5. The number of Topliss-reactive ketones (excluding diaryl/α,β-unsaturated/α-hetero) is 1. The van der Waals surface area contributed by atoms with Gasteiger partial charge >= 0.3 is 0 Å². The minimum absolute atomic E-state index is 0.0292. The molecule has 1 aromatic heterocycles. The van der Waals surface area contributed by atoms with Gasteiger partial charge < -0.3 is 4.90 Å². The normalized spacial score (nSPS) is 14.4. The summed E-state index contributed by atoms with van der Waals surface area (Å²) >= 11 is 0. The monoisotopic (exact) mass is 325 g/mol. The number of amides is 1. The van der Waals surface area contributed by atoms with Crippen molar-refractivity contribution in [3.05, 3.63) is 52.8 Å². The average molecular weight is 325 g/mol. The SMILES string of the molecule is CC(=O)c1ccc2c(c1)CCN(C(=O)c1cnn(C(C)C)c1)CC2. The molecule has 1 amide bonds. The molecule has 0 saturated carbocycles. The lowest BCUT2D eigenvalue weighted by Crippen LogP contribution is -2.33. The zero-order valence-corrected chi connectivity index (χ0v) is 14.5. The Morgan fingerprint density at radius 1 is 1.08 bits per heavy atom. The molecule has 1 aromatic carbocycles. The molecule has 2 aromatic rings. The summed E-state index contributed by atoms with van der Waals surface area (Å²) in [5.74, 6) is 0.109. The molecule has 5 heteroatoms. The molecule has 0 radical (unpaired) electrons. The second kappa shape index (κ2) is 6.59. The van der Waals surface area contributed by atoms with Crippen molar-refractivity contribution >= 4 is 11.7 Å². The Bertz CT molecular complexity index is 777. The summed E-state index contributed by atoms with van der Waals surface area (Å²) in [7, 11) is 0. The van der Waals surface area contributed by atoms with Crippen molar-refractivity contribution in [3.8, 4) is 0 Å². The van der Waals surface area contributed by atoms with E-state index >= 15 is 0 Å². The first-order valence-corrected chi connectivity index (χ1v) is 8.42. The Morgan fingerprint density at radius 3 is 2.42 bits per heavy atom. The quantitative estimate of drug-likeness (QED) is 0.815. The van der Waals surface area contributed by atoms with Crippen LogP contribution in [0, 0.1) is 0 Å². The summed E-state index contributed by atoms with van der Waals surface area (Å²) in [6.07, 6.45) is 5.06. The Kier molecular flexibility index (Phi) is 4.51. The Morgan fingerprint density at radius 2 is 1.79 bits per heavy atom. The van der Waals surface area contributed by atoms with Crippen LogP contribution in [-0.2, 0) is 12.8 Å². The van der Waals surface area contributed by atoms with Crippen LogP contribution in [0.25, 0.3) is 0 Å². The lowest BCUT2D eigenvalue weighted by Gasteiger charge is -2.19. The number of hydrogen-bond donors (Lipinski definition) is 0. The van der Waals surface area contributed by atoms with Crippen LogP contribution in [0.3, 0.4) is 0 Å². The van der Waals surface area contributed by atoms with Gasteiger partial charge in [-0.25, -0.2) is 0 Å². The summed E-state index contributed by atoms with van der Waals surface area (Å²) in [5.41, 5.74) is 3.79. The van der Waals surface area contributed by atoms with Crippen LogP contribution in [0.4, 0.5) is 0 Å². The van der Waals surface area contributed by atoms with E-state index in [1.807, 2.05) is 43.1 Å². The minimum Gasteiger partial charge on any atom is -0.338 e. The number of hydrogen-bond acceptors (Lipinski definition) is 3. The Hall–Kier alpha value is -2.43. The molecule has 0 saturated heterocycles. The third kappa shape index (κ3) is 3.25. The van der Waals surface area contributed by atoms with Gasteiger partial charge in [0.25, 0.3) is 5.91 Å². The van der Waals surface area contributed by atoms with Crippen LogP contribution in [0.15, 0.2) is 30.6 Å². The molecule has 0 spiro atoms. The molecule has 5 nitrogen and oxygen atoms in total. The smallest absolute Gasteiger partial charge is 0.257 e. The van der Waals surface area contributed by atoms with Crippen molar-refractivity contribution in [1.82, 2.24) is 14.7 Å². The van der Waals surface area contributed by atoms with Crippen LogP contribution in [-0.4, -0.2) is 39.5 Å². The van der Waals surface area contributed by atoms with Gasteiger partial charge in [0.2, 0.25) is 0 Å². The van der Waals surface area contributed by atoms with Crippen LogP contribution >= 0.6 is 0 Å². The number of nitrogens with zero attached hydrogens (tertiary/aromatic N) is 3. The van der Waals surface area contributed by atoms with Crippen molar-refractivity contribution in [2.24, 2.45) is 0 Å². The van der Waals surface area contributed by atoms with Gasteiger partial charge in [-0.15, -0.1) is 0 Å². The molecule has 1 aliphatic heterocycles. The molecular weight excluding hydrogens is 302 g/mol. The molecule has 126 valence electrons. The average Bonchev–Trinajstić information content (AvgIpc) is 2.95. The predicted molar refractivity (Wildman–Crippen MR) is 92.4 cm³/mol. The Balaban J connectivity index is 1.75. The van der Waals surface area contributed by atoms with Gasteiger partial charge in [-0.2, -0.15) is 5.10 Å². The van der Waals surface area contributed by atoms with Crippen LogP contribution < -0.4 is 0 Å². The third-order valence-electron chi connectivity index (χ3n) is 4.58. The van der Waals surface area contributed by atoms with Crippen LogP contribution in [0.5, 0.6) is 0 Å². The molecule has 24 heavy (non-hydrogen) atoms. The first kappa shape index (κ1) is 16.4. The maximum absolute atomic E-state index is 12.7. The van der Waals surface area contributed by atoms with E-state index in [1.165, 1.54) is 11.1 Å². The van der Waals surface area contributed by atoms with Crippen molar-refractivity contribution in [2.75, 3.05) is 13.1 Å². The minimum atomic E-state index is 0.0292. The lowest BCUT2D eigenvalue weighted by atomic mass is 9.99. The van der Waals surface area contributed by atoms with Gasteiger partial charge in [-0.3, -0.25) is 14.3 Å². The molecule has 2 heterocycles. The van der Waals surface area contributed by atoms with Crippen molar-refractivity contribution < 1.29 is 9.59 Å². The number of fused-ring (bicyclic) bond motifs is 1. The molecule has 0 atom stereocenters. The van der Waals surface area contributed by atoms with Gasteiger partial charge in [0, 0.05) is 30.9 Å². The number of aromatic nitrogens is 2. The highest BCUT2D eigenvalue weighted by molar-refractivity contribution is 5.94. The van der Waals surface area contributed by atoms with Gasteiger partial charge in [0.05, 0.1) is 11.8 Å². The fourth-order valence-corrected chi connectivity index (χ4v) is 3.06. The molecule has 0 bridgehead atoms. The topological polar surface area (TPSA) is 55.2 Å². The van der Waals surface area contributed by atoms with E-state index in [0.717, 1.165) is 18.4 Å². The number of carbonyl (C=O) groups is 2. The van der Waals surface area contributed by atoms with Gasteiger partial charge in [-0.05, 0) is 50.8 Å². The number of rotatable bonds is 3. The molecule has 0 aliphatic carbocycles. The molecular formula is C19H23N3O2. The fraction of sp³-hybridized carbons (Fsp3) is 0.421. The van der Waals surface area contributed by atoms with E-state index in [2.05, 4.69) is 5.10 Å². The van der Waals surface area contributed by atoms with E-state index in [9.17, 15) is 9.59 Å². The molecule has 0 fully saturated rings.